The maximum Gasteiger partial charge on any atom is 0.264 e. The Morgan fingerprint density at radius 1 is 1.02 bits per heavy atom. The summed E-state index contributed by atoms with van der Waals surface area (Å²) in [5.41, 5.74) is 5.47. The molecule has 1 amide bonds. The smallest absolute Gasteiger partial charge is 0.264 e. The van der Waals surface area contributed by atoms with E-state index in [1.807, 2.05) is 36.7 Å². The largest absolute Gasteiger partial charge is 0.475 e. The molecule has 2 aromatic carbocycles. The van der Waals surface area contributed by atoms with E-state index < -0.39 is 10.0 Å². The van der Waals surface area contributed by atoms with Crippen molar-refractivity contribution in [2.24, 2.45) is 5.41 Å². The summed E-state index contributed by atoms with van der Waals surface area (Å²) in [7, 11) is -4.14. The number of anilines is 1. The highest BCUT2D eigenvalue weighted by Gasteiger charge is 2.32. The van der Waals surface area contributed by atoms with Crippen molar-refractivity contribution in [2.45, 2.75) is 77.9 Å². The molecule has 0 fully saturated rings. The van der Waals surface area contributed by atoms with Crippen LogP contribution in [0, 0.1) is 19.3 Å². The molecular weight excluding hydrogens is 576 g/mol. The minimum absolute atomic E-state index is 0.0561. The van der Waals surface area contributed by atoms with E-state index in [9.17, 15) is 13.2 Å². The molecule has 2 aliphatic heterocycles. The molecule has 11 heteroatoms. The van der Waals surface area contributed by atoms with Crippen LogP contribution in [0.2, 0.25) is 0 Å². The van der Waals surface area contributed by atoms with Crippen LogP contribution in [0.15, 0.2) is 59.5 Å². The molecule has 10 nitrogen and oxygen atoms in total. The van der Waals surface area contributed by atoms with Gasteiger partial charge in [0.1, 0.15) is 6.61 Å². The molecule has 2 aromatic heterocycles. The molecule has 1 atom stereocenters. The SMILES string of the molecule is Cc1cccc(C)c1-c1cc2nc(n1)NS(=O)(=O)c1cccc(c1)C(=O)N(Cc1cc3n(n1)CCC3)[C@H](CC(C)(C)C)CO2. The normalized spacial score (nSPS) is 18.0. The summed E-state index contributed by atoms with van der Waals surface area (Å²) in [5, 5.41) is 4.79. The summed E-state index contributed by atoms with van der Waals surface area (Å²) in [6.07, 6.45) is 2.65. The number of nitrogens with zero attached hydrogens (tertiary/aromatic N) is 5. The lowest BCUT2D eigenvalue weighted by Crippen LogP contribution is -2.45. The molecule has 4 heterocycles. The van der Waals surface area contributed by atoms with Gasteiger partial charge in [-0.3, -0.25) is 9.48 Å². The molecule has 0 aliphatic carbocycles. The van der Waals surface area contributed by atoms with Gasteiger partial charge >= 0.3 is 0 Å². The lowest BCUT2D eigenvalue weighted by molar-refractivity contribution is 0.0508. The second-order valence-electron chi connectivity index (χ2n) is 12.9. The number of rotatable bonds is 4. The van der Waals surface area contributed by atoms with Crippen LogP contribution in [0.25, 0.3) is 11.3 Å². The van der Waals surface area contributed by atoms with E-state index in [4.69, 9.17) is 9.84 Å². The molecule has 4 aromatic rings. The topological polar surface area (TPSA) is 119 Å². The van der Waals surface area contributed by atoms with Gasteiger partial charge in [0, 0.05) is 29.4 Å². The van der Waals surface area contributed by atoms with Gasteiger partial charge < -0.3 is 9.64 Å². The first-order valence-corrected chi connectivity index (χ1v) is 16.4. The molecule has 0 spiro atoms. The number of carbonyl (C=O) groups excluding carboxylic acids is 1. The Hall–Kier alpha value is -4.25. The zero-order chi connectivity index (χ0) is 31.2. The van der Waals surface area contributed by atoms with Crippen LogP contribution in [0.4, 0.5) is 5.95 Å². The van der Waals surface area contributed by atoms with Gasteiger partial charge in [-0.15, -0.1) is 0 Å². The van der Waals surface area contributed by atoms with Crippen LogP contribution < -0.4 is 9.46 Å². The fourth-order valence-electron chi connectivity index (χ4n) is 6.12. The van der Waals surface area contributed by atoms with Gasteiger partial charge in [0.25, 0.3) is 15.9 Å². The Balaban J connectivity index is 1.49. The molecule has 2 aliphatic rings. The number of hydrogen-bond donors (Lipinski definition) is 1. The monoisotopic (exact) mass is 614 g/mol. The first kappa shape index (κ1) is 29.8. The van der Waals surface area contributed by atoms with Crippen molar-refractivity contribution in [2.75, 3.05) is 11.3 Å². The number of ether oxygens (including phenoxy) is 1. The van der Waals surface area contributed by atoms with Gasteiger partial charge in [-0.05, 0) is 73.9 Å². The zero-order valence-electron chi connectivity index (χ0n) is 25.8. The van der Waals surface area contributed by atoms with Gasteiger partial charge in [-0.2, -0.15) is 10.1 Å². The number of aryl methyl sites for hydroxylation is 4. The maximum absolute atomic E-state index is 14.3. The average Bonchev–Trinajstić information content (AvgIpc) is 3.55. The summed E-state index contributed by atoms with van der Waals surface area (Å²) in [4.78, 5) is 25.1. The molecular formula is C33H38N6O4S. The predicted octanol–water partition coefficient (Wildman–Crippen LogP) is 5.54. The summed E-state index contributed by atoms with van der Waals surface area (Å²) in [5.74, 6) is -0.178. The number of aromatic nitrogens is 4. The van der Waals surface area contributed by atoms with Gasteiger partial charge in [-0.25, -0.2) is 18.1 Å². The molecule has 44 heavy (non-hydrogen) atoms. The van der Waals surface area contributed by atoms with Crippen molar-refractivity contribution in [3.05, 3.63) is 82.7 Å². The highest BCUT2D eigenvalue weighted by atomic mass is 32.2. The van der Waals surface area contributed by atoms with E-state index in [2.05, 4.69) is 41.5 Å². The fourth-order valence-corrected chi connectivity index (χ4v) is 7.11. The van der Waals surface area contributed by atoms with E-state index in [0.29, 0.717) is 12.1 Å². The summed E-state index contributed by atoms with van der Waals surface area (Å²) in [6, 6.07) is 15.5. The van der Waals surface area contributed by atoms with E-state index in [0.717, 1.165) is 47.5 Å². The van der Waals surface area contributed by atoms with Crippen molar-refractivity contribution in [3.63, 3.8) is 0 Å². The molecule has 0 unspecified atom stereocenters. The van der Waals surface area contributed by atoms with Crippen LogP contribution in [-0.2, 0) is 29.5 Å². The zero-order valence-corrected chi connectivity index (χ0v) is 26.6. The minimum Gasteiger partial charge on any atom is -0.475 e. The van der Waals surface area contributed by atoms with Crippen LogP contribution in [0.5, 0.6) is 5.88 Å². The standard InChI is InChI=1S/C33H38N6O4S/c1-21-9-6-10-22(2)30(21)28-17-29-35-32(34-28)37-44(41,42)27-13-7-11-23(15-27)31(40)38(26(20-43-29)18-33(3,4)5)19-24-16-25-12-8-14-39(25)36-24/h6-7,9-11,13,15-17,26H,8,12,14,18-20H2,1-5H3,(H,34,35,37)/t26-/m1/s1. The van der Waals surface area contributed by atoms with Crippen molar-refractivity contribution in [1.29, 1.82) is 0 Å². The molecule has 0 saturated carbocycles. The molecule has 4 bridgehead atoms. The highest BCUT2D eigenvalue weighted by molar-refractivity contribution is 7.92. The van der Waals surface area contributed by atoms with Crippen LogP contribution in [0.3, 0.4) is 0 Å². The molecule has 1 N–H and O–H groups in total. The van der Waals surface area contributed by atoms with Crippen molar-refractivity contribution in [1.82, 2.24) is 24.6 Å². The van der Waals surface area contributed by atoms with Crippen LogP contribution >= 0.6 is 0 Å². The number of hydrogen-bond acceptors (Lipinski definition) is 7. The predicted molar refractivity (Wildman–Crippen MR) is 168 cm³/mol. The lowest BCUT2D eigenvalue weighted by atomic mass is 9.87. The summed E-state index contributed by atoms with van der Waals surface area (Å²) >= 11 is 0. The number of sulfonamides is 1. The Kier molecular flexibility index (Phi) is 7.69. The first-order chi connectivity index (χ1) is 20.9. The lowest BCUT2D eigenvalue weighted by Gasteiger charge is -2.35. The number of nitrogens with one attached hydrogen (secondary N) is 1. The third kappa shape index (κ3) is 6.19. The third-order valence-electron chi connectivity index (χ3n) is 8.08. The van der Waals surface area contributed by atoms with E-state index in [-0.39, 0.29) is 52.8 Å². The van der Waals surface area contributed by atoms with E-state index >= 15 is 0 Å². The number of amides is 1. The second-order valence-corrected chi connectivity index (χ2v) is 14.6. The van der Waals surface area contributed by atoms with Gasteiger partial charge in [0.2, 0.25) is 11.8 Å². The van der Waals surface area contributed by atoms with Crippen molar-refractivity contribution < 1.29 is 17.9 Å². The summed E-state index contributed by atoms with van der Waals surface area (Å²) < 4.78 is 38.1. The molecule has 0 radical (unpaired) electrons. The Labute approximate surface area is 258 Å². The quantitative estimate of drug-likeness (QED) is 0.320. The minimum atomic E-state index is -4.14. The Bertz CT molecular complexity index is 1800. The molecule has 6 rings (SSSR count). The summed E-state index contributed by atoms with van der Waals surface area (Å²) in [6.45, 7) is 11.6. The average molecular weight is 615 g/mol. The maximum atomic E-state index is 14.3. The number of fused-ring (bicyclic) bond motifs is 5. The fraction of sp³-hybridized carbons (Fsp3) is 0.394. The Morgan fingerprint density at radius 3 is 2.50 bits per heavy atom. The molecule has 230 valence electrons. The van der Waals surface area contributed by atoms with Crippen LogP contribution in [0.1, 0.15) is 66.5 Å². The van der Waals surface area contributed by atoms with Crippen molar-refractivity contribution >= 4 is 21.9 Å². The van der Waals surface area contributed by atoms with Gasteiger partial charge in [0.15, 0.2) is 0 Å². The van der Waals surface area contributed by atoms with Crippen molar-refractivity contribution in [3.8, 4) is 17.1 Å². The second kappa shape index (κ2) is 11.4. The van der Waals surface area contributed by atoms with Gasteiger partial charge in [-0.1, -0.05) is 45.0 Å². The number of benzene rings is 2. The third-order valence-corrected chi connectivity index (χ3v) is 9.41. The first-order valence-electron chi connectivity index (χ1n) is 14.9. The van der Waals surface area contributed by atoms with Gasteiger partial charge in [0.05, 0.1) is 28.9 Å². The van der Waals surface area contributed by atoms with E-state index in [1.54, 1.807) is 23.1 Å². The number of carbonyl (C=O) groups is 1. The van der Waals surface area contributed by atoms with Crippen LogP contribution in [-0.4, -0.2) is 51.6 Å². The Morgan fingerprint density at radius 2 is 1.77 bits per heavy atom. The highest BCUT2D eigenvalue weighted by Crippen LogP contribution is 2.32. The van der Waals surface area contributed by atoms with E-state index in [1.165, 1.54) is 12.1 Å². The molecule has 0 saturated heterocycles.